The minimum Gasteiger partial charge on any atom is -0.389 e. The average molecular weight is 247 g/mol. The largest absolute Gasteiger partial charge is 0.389 e. The molecular weight excluding hydrogens is 222 g/mol. The van der Waals surface area contributed by atoms with Crippen LogP contribution in [0.3, 0.4) is 0 Å². The van der Waals surface area contributed by atoms with Crippen LogP contribution in [-0.4, -0.2) is 17.7 Å². The molecule has 0 amide bonds. The van der Waals surface area contributed by atoms with E-state index < -0.39 is 0 Å². The first-order chi connectivity index (χ1) is 8.74. The van der Waals surface area contributed by atoms with Crippen molar-refractivity contribution in [2.45, 2.75) is 58.1 Å². The van der Waals surface area contributed by atoms with Gasteiger partial charge in [-0.15, -0.1) is 0 Å². The standard InChI is InChI=1S/C16H25NO/c1-3-8-14-9-6-7-12-17(14)16-11-5-4-10-15(16)13(2)18/h4-5,10-11,13-14,18H,3,6-9,12H2,1-2H3/t13-,14?/m1/s1. The molecule has 1 aliphatic heterocycles. The first-order valence-corrected chi connectivity index (χ1v) is 7.27. The van der Waals surface area contributed by atoms with Crippen molar-refractivity contribution >= 4 is 5.69 Å². The molecule has 0 radical (unpaired) electrons. The highest BCUT2D eigenvalue weighted by molar-refractivity contribution is 5.55. The highest BCUT2D eigenvalue weighted by Gasteiger charge is 2.24. The molecule has 0 spiro atoms. The lowest BCUT2D eigenvalue weighted by Gasteiger charge is -2.39. The molecule has 18 heavy (non-hydrogen) atoms. The van der Waals surface area contributed by atoms with E-state index in [2.05, 4.69) is 30.0 Å². The Morgan fingerprint density at radius 1 is 1.33 bits per heavy atom. The molecule has 1 saturated heterocycles. The van der Waals surface area contributed by atoms with E-state index in [-0.39, 0.29) is 6.10 Å². The van der Waals surface area contributed by atoms with Crippen molar-refractivity contribution < 1.29 is 5.11 Å². The Labute approximate surface area is 111 Å². The number of hydrogen-bond donors (Lipinski definition) is 1. The minimum absolute atomic E-state index is 0.384. The van der Waals surface area contributed by atoms with Gasteiger partial charge in [-0.25, -0.2) is 0 Å². The lowest BCUT2D eigenvalue weighted by Crippen LogP contribution is -2.40. The van der Waals surface area contributed by atoms with Crippen LogP contribution in [0.1, 0.15) is 57.6 Å². The molecule has 1 aromatic rings. The summed E-state index contributed by atoms with van der Waals surface area (Å²) in [5.41, 5.74) is 2.31. The topological polar surface area (TPSA) is 23.5 Å². The van der Waals surface area contributed by atoms with Crippen LogP contribution in [-0.2, 0) is 0 Å². The van der Waals surface area contributed by atoms with Crippen LogP contribution in [0, 0.1) is 0 Å². The van der Waals surface area contributed by atoms with Gasteiger partial charge >= 0.3 is 0 Å². The molecule has 1 aliphatic rings. The summed E-state index contributed by atoms with van der Waals surface area (Å²) in [6.45, 7) is 5.25. The number of hydrogen-bond acceptors (Lipinski definition) is 2. The van der Waals surface area contributed by atoms with Gasteiger partial charge in [-0.1, -0.05) is 31.5 Å². The van der Waals surface area contributed by atoms with Gasteiger partial charge in [0.2, 0.25) is 0 Å². The van der Waals surface area contributed by atoms with Crippen LogP contribution in [0.25, 0.3) is 0 Å². The Bertz CT molecular complexity index is 373. The maximum absolute atomic E-state index is 9.92. The first-order valence-electron chi connectivity index (χ1n) is 7.27. The number of aliphatic hydroxyl groups is 1. The molecule has 1 aromatic carbocycles. The van der Waals surface area contributed by atoms with Crippen LogP contribution in [0.2, 0.25) is 0 Å². The van der Waals surface area contributed by atoms with E-state index in [1.807, 2.05) is 13.0 Å². The summed E-state index contributed by atoms with van der Waals surface area (Å²) in [5.74, 6) is 0. The minimum atomic E-state index is -0.384. The molecule has 2 atom stereocenters. The Morgan fingerprint density at radius 3 is 2.83 bits per heavy atom. The zero-order valence-electron chi connectivity index (χ0n) is 11.6. The Hall–Kier alpha value is -1.02. The number of nitrogens with zero attached hydrogens (tertiary/aromatic N) is 1. The number of piperidine rings is 1. The second-order valence-electron chi connectivity index (χ2n) is 5.37. The van der Waals surface area contributed by atoms with Crippen molar-refractivity contribution in [3.8, 4) is 0 Å². The summed E-state index contributed by atoms with van der Waals surface area (Å²) in [6, 6.07) is 8.97. The second-order valence-corrected chi connectivity index (χ2v) is 5.37. The fraction of sp³-hybridized carbons (Fsp3) is 0.625. The summed E-state index contributed by atoms with van der Waals surface area (Å²) in [4.78, 5) is 2.52. The van der Waals surface area contributed by atoms with Crippen LogP contribution >= 0.6 is 0 Å². The van der Waals surface area contributed by atoms with E-state index in [1.165, 1.54) is 37.8 Å². The molecule has 0 saturated carbocycles. The maximum Gasteiger partial charge on any atom is 0.0781 e. The fourth-order valence-electron chi connectivity index (χ4n) is 3.05. The molecule has 0 bridgehead atoms. The van der Waals surface area contributed by atoms with Gasteiger partial charge in [0.25, 0.3) is 0 Å². The van der Waals surface area contributed by atoms with Gasteiger partial charge in [0.1, 0.15) is 0 Å². The molecule has 0 aromatic heterocycles. The quantitative estimate of drug-likeness (QED) is 0.872. The van der Waals surface area contributed by atoms with Crippen LogP contribution < -0.4 is 4.90 Å². The molecule has 2 heteroatoms. The molecule has 1 heterocycles. The number of benzene rings is 1. The van der Waals surface area contributed by atoms with Crippen molar-refractivity contribution in [2.24, 2.45) is 0 Å². The third kappa shape index (κ3) is 2.86. The van der Waals surface area contributed by atoms with Gasteiger partial charge in [0.05, 0.1) is 6.10 Å². The van der Waals surface area contributed by atoms with Gasteiger partial charge in [0, 0.05) is 23.8 Å². The molecule has 1 unspecified atom stereocenters. The predicted molar refractivity (Wildman–Crippen MR) is 77.0 cm³/mol. The summed E-state index contributed by atoms with van der Waals surface area (Å²) >= 11 is 0. The summed E-state index contributed by atoms with van der Waals surface area (Å²) in [7, 11) is 0. The van der Waals surface area contributed by atoms with E-state index in [9.17, 15) is 5.11 Å². The number of anilines is 1. The SMILES string of the molecule is CCCC1CCCCN1c1ccccc1[C@@H](C)O. The zero-order chi connectivity index (χ0) is 13.0. The zero-order valence-corrected chi connectivity index (χ0v) is 11.6. The number of rotatable bonds is 4. The van der Waals surface area contributed by atoms with E-state index in [0.717, 1.165) is 12.1 Å². The van der Waals surface area contributed by atoms with E-state index in [0.29, 0.717) is 6.04 Å². The van der Waals surface area contributed by atoms with Crippen molar-refractivity contribution in [3.63, 3.8) is 0 Å². The third-order valence-corrected chi connectivity index (χ3v) is 3.95. The molecule has 100 valence electrons. The lowest BCUT2D eigenvalue weighted by molar-refractivity contribution is 0.199. The Kier molecular flexibility index (Phi) is 4.65. The Morgan fingerprint density at radius 2 is 2.11 bits per heavy atom. The monoisotopic (exact) mass is 247 g/mol. The van der Waals surface area contributed by atoms with E-state index in [4.69, 9.17) is 0 Å². The fourth-order valence-corrected chi connectivity index (χ4v) is 3.05. The van der Waals surface area contributed by atoms with E-state index >= 15 is 0 Å². The van der Waals surface area contributed by atoms with Crippen molar-refractivity contribution in [1.29, 1.82) is 0 Å². The van der Waals surface area contributed by atoms with E-state index in [1.54, 1.807) is 0 Å². The highest BCUT2D eigenvalue weighted by atomic mass is 16.3. The summed E-state index contributed by atoms with van der Waals surface area (Å²) in [5, 5.41) is 9.92. The van der Waals surface area contributed by atoms with Crippen molar-refractivity contribution in [1.82, 2.24) is 0 Å². The maximum atomic E-state index is 9.92. The normalized spacial score (nSPS) is 21.9. The van der Waals surface area contributed by atoms with Crippen molar-refractivity contribution in [3.05, 3.63) is 29.8 Å². The smallest absolute Gasteiger partial charge is 0.0781 e. The van der Waals surface area contributed by atoms with Crippen LogP contribution in [0.5, 0.6) is 0 Å². The van der Waals surface area contributed by atoms with Gasteiger partial charge < -0.3 is 10.0 Å². The van der Waals surface area contributed by atoms with Gasteiger partial charge in [-0.3, -0.25) is 0 Å². The summed E-state index contributed by atoms with van der Waals surface area (Å²) < 4.78 is 0. The molecule has 0 aliphatic carbocycles. The Balaban J connectivity index is 2.27. The highest BCUT2D eigenvalue weighted by Crippen LogP contribution is 2.32. The van der Waals surface area contributed by atoms with Gasteiger partial charge in [-0.05, 0) is 38.7 Å². The molecule has 2 rings (SSSR count). The molecule has 1 fully saturated rings. The van der Waals surface area contributed by atoms with Crippen LogP contribution in [0.4, 0.5) is 5.69 Å². The molecular formula is C16H25NO. The van der Waals surface area contributed by atoms with Crippen LogP contribution in [0.15, 0.2) is 24.3 Å². The summed E-state index contributed by atoms with van der Waals surface area (Å²) in [6.07, 6.45) is 6.02. The number of aliphatic hydroxyl groups excluding tert-OH is 1. The predicted octanol–water partition coefficient (Wildman–Crippen LogP) is 3.90. The average Bonchev–Trinajstić information content (AvgIpc) is 2.40. The van der Waals surface area contributed by atoms with Gasteiger partial charge in [-0.2, -0.15) is 0 Å². The lowest BCUT2D eigenvalue weighted by atomic mass is 9.95. The molecule has 1 N–H and O–H groups in total. The van der Waals surface area contributed by atoms with Gasteiger partial charge in [0.15, 0.2) is 0 Å². The first kappa shape index (κ1) is 13.4. The number of para-hydroxylation sites is 1. The molecule has 2 nitrogen and oxygen atoms in total. The third-order valence-electron chi connectivity index (χ3n) is 3.95. The van der Waals surface area contributed by atoms with Crippen molar-refractivity contribution in [2.75, 3.05) is 11.4 Å². The second kappa shape index (κ2) is 6.24.